The first-order valence-corrected chi connectivity index (χ1v) is 8.92. The molecular weight excluding hydrogens is 322 g/mol. The maximum Gasteiger partial charge on any atom is 0.341 e. The summed E-state index contributed by atoms with van der Waals surface area (Å²) in [6, 6.07) is 11.9. The first-order valence-electron chi connectivity index (χ1n) is 8.10. The van der Waals surface area contributed by atoms with Gasteiger partial charge in [0.05, 0.1) is 12.2 Å². The van der Waals surface area contributed by atoms with E-state index < -0.39 is 5.97 Å². The van der Waals surface area contributed by atoms with Gasteiger partial charge in [0, 0.05) is 16.7 Å². The molecule has 0 unspecified atom stereocenters. The second-order valence-electron chi connectivity index (χ2n) is 5.89. The third-order valence-corrected chi connectivity index (χ3v) is 4.97. The molecule has 4 nitrogen and oxygen atoms in total. The number of benzene rings is 1. The van der Waals surface area contributed by atoms with Crippen LogP contribution in [0.4, 0.5) is 5.00 Å². The Bertz CT molecular complexity index is 707. The normalized spacial score (nSPS) is 12.0. The zero-order valence-corrected chi connectivity index (χ0v) is 15.3. The Kier molecular flexibility index (Phi) is 6.15. The SMILES string of the molecule is CCOC(=O)c1cc([C@H](C)c2ccccc2)sc1NC(=O)C(C)C. The summed E-state index contributed by atoms with van der Waals surface area (Å²) in [6.07, 6.45) is 0. The highest BCUT2D eigenvalue weighted by molar-refractivity contribution is 7.16. The van der Waals surface area contributed by atoms with Gasteiger partial charge in [0.2, 0.25) is 5.91 Å². The zero-order valence-electron chi connectivity index (χ0n) is 14.5. The third-order valence-electron chi connectivity index (χ3n) is 3.73. The zero-order chi connectivity index (χ0) is 17.7. The molecule has 2 aromatic rings. The van der Waals surface area contributed by atoms with Crippen LogP contribution in [0.5, 0.6) is 0 Å². The number of ether oxygens (including phenoxy) is 1. The van der Waals surface area contributed by atoms with E-state index in [1.165, 1.54) is 11.3 Å². The van der Waals surface area contributed by atoms with Gasteiger partial charge in [0.15, 0.2) is 0 Å². The van der Waals surface area contributed by atoms with Crippen LogP contribution in [0.15, 0.2) is 36.4 Å². The van der Waals surface area contributed by atoms with Crippen LogP contribution in [0.25, 0.3) is 0 Å². The lowest BCUT2D eigenvalue weighted by Crippen LogP contribution is -2.18. The number of thiophene rings is 1. The van der Waals surface area contributed by atoms with E-state index in [0.717, 1.165) is 10.4 Å². The lowest BCUT2D eigenvalue weighted by atomic mass is 9.99. The molecule has 24 heavy (non-hydrogen) atoms. The summed E-state index contributed by atoms with van der Waals surface area (Å²) in [7, 11) is 0. The summed E-state index contributed by atoms with van der Waals surface area (Å²) in [5, 5.41) is 3.41. The van der Waals surface area contributed by atoms with Gasteiger partial charge in [0.1, 0.15) is 5.00 Å². The second-order valence-corrected chi connectivity index (χ2v) is 6.97. The number of carbonyl (C=O) groups excluding carboxylic acids is 2. The minimum Gasteiger partial charge on any atom is -0.462 e. The van der Waals surface area contributed by atoms with Gasteiger partial charge in [0.25, 0.3) is 0 Å². The van der Waals surface area contributed by atoms with Gasteiger partial charge in [-0.25, -0.2) is 4.79 Å². The van der Waals surface area contributed by atoms with Crippen molar-refractivity contribution in [1.82, 2.24) is 0 Å². The number of rotatable bonds is 6. The lowest BCUT2D eigenvalue weighted by molar-refractivity contribution is -0.118. The van der Waals surface area contributed by atoms with Crippen molar-refractivity contribution in [2.75, 3.05) is 11.9 Å². The van der Waals surface area contributed by atoms with E-state index in [-0.39, 0.29) is 17.7 Å². The minimum absolute atomic E-state index is 0.110. The lowest BCUT2D eigenvalue weighted by Gasteiger charge is -2.09. The van der Waals surface area contributed by atoms with Gasteiger partial charge in [-0.2, -0.15) is 0 Å². The van der Waals surface area contributed by atoms with Crippen molar-refractivity contribution in [2.45, 2.75) is 33.6 Å². The summed E-state index contributed by atoms with van der Waals surface area (Å²) in [5.41, 5.74) is 1.59. The van der Waals surface area contributed by atoms with E-state index in [4.69, 9.17) is 4.74 Å². The molecule has 5 heteroatoms. The molecule has 0 bridgehead atoms. The van der Waals surface area contributed by atoms with Gasteiger partial charge in [-0.15, -0.1) is 11.3 Å². The summed E-state index contributed by atoms with van der Waals surface area (Å²) >= 11 is 1.43. The molecule has 0 aliphatic heterocycles. The van der Waals surface area contributed by atoms with Gasteiger partial charge < -0.3 is 10.1 Å². The Labute approximate surface area is 146 Å². The average Bonchev–Trinajstić information content (AvgIpc) is 2.99. The molecule has 128 valence electrons. The number of nitrogens with one attached hydrogen (secondary N) is 1. The van der Waals surface area contributed by atoms with Crippen molar-refractivity contribution < 1.29 is 14.3 Å². The number of anilines is 1. The summed E-state index contributed by atoms with van der Waals surface area (Å²) in [6.45, 7) is 7.80. The highest BCUT2D eigenvalue weighted by Crippen LogP contribution is 2.36. The van der Waals surface area contributed by atoms with Crippen molar-refractivity contribution in [3.8, 4) is 0 Å². The van der Waals surface area contributed by atoms with Crippen LogP contribution in [0, 0.1) is 5.92 Å². The molecule has 2 rings (SSSR count). The maximum absolute atomic E-state index is 12.2. The fourth-order valence-electron chi connectivity index (χ4n) is 2.24. The highest BCUT2D eigenvalue weighted by Gasteiger charge is 2.22. The number of esters is 1. The Morgan fingerprint density at radius 2 is 1.83 bits per heavy atom. The van der Waals surface area contributed by atoms with Crippen LogP contribution < -0.4 is 5.32 Å². The molecule has 1 aromatic heterocycles. The van der Waals surface area contributed by atoms with E-state index in [1.807, 2.05) is 38.1 Å². The fourth-order valence-corrected chi connectivity index (χ4v) is 3.37. The van der Waals surface area contributed by atoms with Crippen LogP contribution >= 0.6 is 11.3 Å². The number of hydrogen-bond acceptors (Lipinski definition) is 4. The Hall–Kier alpha value is -2.14. The van der Waals surface area contributed by atoms with Crippen LogP contribution in [0.1, 0.15) is 54.4 Å². The molecule has 1 N–H and O–H groups in total. The Balaban J connectivity index is 2.36. The molecule has 0 radical (unpaired) electrons. The number of amides is 1. The molecule has 0 aliphatic carbocycles. The Morgan fingerprint density at radius 3 is 2.42 bits per heavy atom. The Morgan fingerprint density at radius 1 is 1.17 bits per heavy atom. The van der Waals surface area contributed by atoms with Gasteiger partial charge >= 0.3 is 5.97 Å². The number of carbonyl (C=O) groups is 2. The van der Waals surface area contributed by atoms with Gasteiger partial charge in [-0.1, -0.05) is 51.1 Å². The molecule has 1 amide bonds. The van der Waals surface area contributed by atoms with Crippen molar-refractivity contribution in [3.05, 3.63) is 52.4 Å². The third kappa shape index (κ3) is 4.23. The first-order chi connectivity index (χ1) is 11.4. The summed E-state index contributed by atoms with van der Waals surface area (Å²) in [5.74, 6) is -0.535. The molecule has 1 heterocycles. The number of hydrogen-bond donors (Lipinski definition) is 1. The van der Waals surface area contributed by atoms with Crippen LogP contribution in [-0.4, -0.2) is 18.5 Å². The monoisotopic (exact) mass is 345 g/mol. The van der Waals surface area contributed by atoms with Crippen LogP contribution in [-0.2, 0) is 9.53 Å². The first kappa shape index (κ1) is 18.2. The smallest absolute Gasteiger partial charge is 0.341 e. The van der Waals surface area contributed by atoms with Crippen LogP contribution in [0.3, 0.4) is 0 Å². The van der Waals surface area contributed by atoms with E-state index in [2.05, 4.69) is 24.4 Å². The van der Waals surface area contributed by atoms with Crippen molar-refractivity contribution >= 4 is 28.2 Å². The topological polar surface area (TPSA) is 55.4 Å². The van der Waals surface area contributed by atoms with E-state index in [0.29, 0.717) is 17.2 Å². The molecule has 0 saturated carbocycles. The van der Waals surface area contributed by atoms with Gasteiger partial charge in [-0.3, -0.25) is 4.79 Å². The second kappa shape index (κ2) is 8.11. The van der Waals surface area contributed by atoms with E-state index in [1.54, 1.807) is 6.92 Å². The van der Waals surface area contributed by atoms with Crippen molar-refractivity contribution in [3.63, 3.8) is 0 Å². The van der Waals surface area contributed by atoms with Crippen molar-refractivity contribution in [1.29, 1.82) is 0 Å². The molecular formula is C19H23NO3S. The highest BCUT2D eigenvalue weighted by atomic mass is 32.1. The maximum atomic E-state index is 12.2. The largest absolute Gasteiger partial charge is 0.462 e. The molecule has 0 aliphatic rings. The average molecular weight is 345 g/mol. The molecule has 1 aromatic carbocycles. The standard InChI is InChI=1S/C19H23NO3S/c1-5-23-19(22)15-11-16(13(4)14-9-7-6-8-10-14)24-18(15)20-17(21)12(2)3/h6-13H,5H2,1-4H3,(H,20,21)/t13-/m1/s1. The summed E-state index contributed by atoms with van der Waals surface area (Å²) < 4.78 is 5.13. The molecule has 0 fully saturated rings. The fraction of sp³-hybridized carbons (Fsp3) is 0.368. The predicted molar refractivity (Wildman–Crippen MR) is 97.7 cm³/mol. The van der Waals surface area contributed by atoms with Crippen LogP contribution in [0.2, 0.25) is 0 Å². The summed E-state index contributed by atoms with van der Waals surface area (Å²) in [4.78, 5) is 25.3. The van der Waals surface area contributed by atoms with E-state index >= 15 is 0 Å². The molecule has 1 atom stereocenters. The molecule has 0 spiro atoms. The van der Waals surface area contributed by atoms with Gasteiger partial charge in [-0.05, 0) is 18.6 Å². The quantitative estimate of drug-likeness (QED) is 0.774. The van der Waals surface area contributed by atoms with E-state index in [9.17, 15) is 9.59 Å². The predicted octanol–water partition coefficient (Wildman–Crippen LogP) is 4.67. The van der Waals surface area contributed by atoms with Crippen molar-refractivity contribution in [2.24, 2.45) is 5.92 Å². The molecule has 0 saturated heterocycles. The minimum atomic E-state index is -0.403.